The van der Waals surface area contributed by atoms with Crippen molar-refractivity contribution in [3.05, 3.63) is 63.0 Å². The van der Waals surface area contributed by atoms with Crippen LogP contribution >= 0.6 is 31.9 Å². The van der Waals surface area contributed by atoms with Crippen LogP contribution in [0.15, 0.2) is 62.5 Å². The van der Waals surface area contributed by atoms with Gasteiger partial charge in [0.1, 0.15) is 5.78 Å². The lowest BCUT2D eigenvalue weighted by molar-refractivity contribution is -0.118. The molecule has 0 aliphatic carbocycles. The van der Waals surface area contributed by atoms with Crippen LogP contribution in [-0.4, -0.2) is 18.4 Å². The first kappa shape index (κ1) is 56.2. The summed E-state index contributed by atoms with van der Waals surface area (Å²) in [6.07, 6.45) is 48.4. The Morgan fingerprint density at radius 2 is 0.845 bits per heavy atom. The summed E-state index contributed by atoms with van der Waals surface area (Å²) in [7, 11) is 0. The zero-order valence-electron chi connectivity index (χ0n) is 37.7. The first-order valence-corrected chi connectivity index (χ1v) is 25.8. The number of Topliss-reactive ketones (excluding diaryl/α,β-unsaturated/α-hetero) is 1. The molecule has 332 valence electrons. The summed E-state index contributed by atoms with van der Waals surface area (Å²) in [5.74, 6) is 0.379. The van der Waals surface area contributed by atoms with Crippen LogP contribution in [-0.2, 0) is 16.0 Å². The molecule has 0 atom stereocenters. The molecule has 0 bridgehead atoms. The van der Waals surface area contributed by atoms with E-state index in [0.717, 1.165) is 39.5 Å². The number of carbonyl (C=O) groups is 1. The second kappa shape index (κ2) is 46.3. The van der Waals surface area contributed by atoms with E-state index in [-0.39, 0.29) is 0 Å². The van der Waals surface area contributed by atoms with Gasteiger partial charge in [-0.3, -0.25) is 4.79 Å². The predicted octanol–water partition coefficient (Wildman–Crippen LogP) is 18.2. The largest absolute Gasteiger partial charge is 0.399 e. The molecule has 4 nitrogen and oxygen atoms in total. The molecule has 0 saturated heterocycles. The molecule has 0 amide bonds. The minimum absolute atomic E-state index is 0.379. The van der Waals surface area contributed by atoms with Crippen LogP contribution < -0.4 is 5.73 Å². The maximum absolute atomic E-state index is 12.1. The molecule has 0 aliphatic rings. The average molecular weight is 933 g/mol. The van der Waals surface area contributed by atoms with Gasteiger partial charge in [-0.15, -0.1) is 0 Å². The minimum Gasteiger partial charge on any atom is -0.399 e. The van der Waals surface area contributed by atoms with Crippen LogP contribution in [0.4, 0.5) is 5.69 Å². The summed E-state index contributed by atoms with van der Waals surface area (Å²) >= 11 is 6.75. The van der Waals surface area contributed by atoms with Gasteiger partial charge in [0.25, 0.3) is 0 Å². The van der Waals surface area contributed by atoms with E-state index >= 15 is 0 Å². The number of nitrogen functional groups attached to an aromatic ring is 1. The Labute approximate surface area is 375 Å². The van der Waals surface area contributed by atoms with E-state index in [1.165, 1.54) is 199 Å². The summed E-state index contributed by atoms with van der Waals surface area (Å²) in [6.45, 7) is 5.24. The number of nitrogens with zero attached hydrogens (tertiary/aromatic N) is 1. The first-order chi connectivity index (χ1) is 28.4. The number of halogens is 2. The maximum Gasteiger partial charge on any atom is 0.234 e. The lowest BCUT2D eigenvalue weighted by Crippen LogP contribution is -2.02. The van der Waals surface area contributed by atoms with Gasteiger partial charge in [-0.25, -0.2) is 9.79 Å². The Balaban J connectivity index is 0.000000969. The number of hydrogen-bond acceptors (Lipinski definition) is 4. The highest BCUT2D eigenvalue weighted by atomic mass is 79.9. The zero-order valence-corrected chi connectivity index (χ0v) is 40.8. The highest BCUT2D eigenvalue weighted by molar-refractivity contribution is 9.10. The molecule has 2 aromatic rings. The van der Waals surface area contributed by atoms with E-state index in [2.05, 4.69) is 50.7 Å². The van der Waals surface area contributed by atoms with Gasteiger partial charge in [-0.1, -0.05) is 263 Å². The molecule has 0 fully saturated rings. The van der Waals surface area contributed by atoms with Crippen molar-refractivity contribution in [2.24, 2.45) is 4.99 Å². The molecular formula is C52H88Br2N2O2. The van der Waals surface area contributed by atoms with E-state index < -0.39 is 0 Å². The molecule has 6 heteroatoms. The van der Waals surface area contributed by atoms with Gasteiger partial charge in [-0.05, 0) is 48.7 Å². The Morgan fingerprint density at radius 1 is 0.500 bits per heavy atom. The van der Waals surface area contributed by atoms with Crippen LogP contribution in [0.1, 0.15) is 238 Å². The topological polar surface area (TPSA) is 72.5 Å². The van der Waals surface area contributed by atoms with Gasteiger partial charge in [0.2, 0.25) is 6.08 Å². The summed E-state index contributed by atoms with van der Waals surface area (Å²) in [5.41, 5.74) is 7.34. The number of benzene rings is 2. The fourth-order valence-corrected chi connectivity index (χ4v) is 8.16. The lowest BCUT2D eigenvalue weighted by Gasteiger charge is -2.04. The summed E-state index contributed by atoms with van der Waals surface area (Å²) in [6, 6.07) is 15.6. The van der Waals surface area contributed by atoms with Crippen molar-refractivity contribution < 1.29 is 9.59 Å². The third kappa shape index (κ3) is 43.8. The molecule has 0 unspecified atom stereocenters. The molecule has 2 N–H and O–H groups in total. The van der Waals surface area contributed by atoms with Crippen molar-refractivity contribution in [1.82, 2.24) is 0 Å². The van der Waals surface area contributed by atoms with Crippen LogP contribution in [0.5, 0.6) is 0 Å². The molecule has 58 heavy (non-hydrogen) atoms. The monoisotopic (exact) mass is 931 g/mol. The van der Waals surface area contributed by atoms with E-state index in [0.29, 0.717) is 18.7 Å². The number of aliphatic imine (C=N–C) groups is 1. The Hall–Kier alpha value is -1.75. The molecule has 0 radical (unpaired) electrons. The van der Waals surface area contributed by atoms with Crippen LogP contribution in [0.2, 0.25) is 0 Å². The quantitative estimate of drug-likeness (QED) is 0.0317. The number of anilines is 1. The summed E-state index contributed by atoms with van der Waals surface area (Å²) in [5, 5.41) is 0. The van der Waals surface area contributed by atoms with Crippen molar-refractivity contribution in [1.29, 1.82) is 0 Å². The Bertz CT molecular complexity index is 1200. The van der Waals surface area contributed by atoms with Crippen LogP contribution in [0, 0.1) is 0 Å². The standard InChI is InChI=1S/C27H45BrO.C19H37NO.C6H6BrN/c1-2-3-4-5-6-7-8-9-10-11-12-13-14-15-16-17-18-22-27(29)24-25-20-19-21-26(28)23-25;1-2-3-4-5-6-7-8-9-10-11-12-13-14-15-16-17-18-20-19-21;7-5-2-1-3-6(8)4-5/h19-21,23H,2-18,22,24H2,1H3;2-18H2,1H3;1-4H,8H2. The first-order valence-electron chi connectivity index (χ1n) is 24.2. The molecular weight excluding hydrogens is 844 g/mol. The van der Waals surface area contributed by atoms with Crippen LogP contribution in [0.25, 0.3) is 0 Å². The molecule has 0 heterocycles. The van der Waals surface area contributed by atoms with E-state index in [4.69, 9.17) is 5.73 Å². The van der Waals surface area contributed by atoms with Gasteiger partial charge in [-0.2, -0.15) is 0 Å². The fourth-order valence-electron chi connectivity index (χ4n) is 7.30. The molecule has 0 spiro atoms. The highest BCUT2D eigenvalue weighted by Crippen LogP contribution is 2.17. The van der Waals surface area contributed by atoms with Gasteiger partial charge >= 0.3 is 0 Å². The van der Waals surface area contributed by atoms with E-state index in [9.17, 15) is 9.59 Å². The van der Waals surface area contributed by atoms with Gasteiger partial charge < -0.3 is 5.73 Å². The SMILES string of the molecule is CCCCCCCCCCCCCCCCCCCC(=O)Cc1cccc(Br)c1.CCCCCCCCCCCCCCCCCCN=C=O.Nc1cccc(Br)c1. The normalized spacial score (nSPS) is 10.6. The van der Waals surface area contributed by atoms with Gasteiger partial charge in [0.05, 0.1) is 6.54 Å². The fraction of sp³-hybridized carbons (Fsp3) is 0.731. The van der Waals surface area contributed by atoms with Crippen molar-refractivity contribution in [3.63, 3.8) is 0 Å². The Kier molecular flexibility index (Phi) is 44.9. The van der Waals surface area contributed by atoms with Crippen molar-refractivity contribution in [3.8, 4) is 0 Å². The molecule has 2 rings (SSSR count). The predicted molar refractivity (Wildman–Crippen MR) is 263 cm³/mol. The number of hydrogen-bond donors (Lipinski definition) is 1. The molecule has 2 aromatic carbocycles. The lowest BCUT2D eigenvalue weighted by atomic mass is 10.0. The summed E-state index contributed by atoms with van der Waals surface area (Å²) < 4.78 is 2.08. The minimum atomic E-state index is 0.379. The van der Waals surface area contributed by atoms with E-state index in [1.54, 1.807) is 6.08 Å². The number of rotatable bonds is 37. The van der Waals surface area contributed by atoms with Crippen molar-refractivity contribution in [2.45, 2.75) is 239 Å². The maximum atomic E-state index is 12.1. The molecule has 0 aliphatic heterocycles. The third-order valence-corrected chi connectivity index (χ3v) is 11.9. The Morgan fingerprint density at radius 3 is 1.17 bits per heavy atom. The zero-order chi connectivity index (χ0) is 42.4. The smallest absolute Gasteiger partial charge is 0.234 e. The van der Waals surface area contributed by atoms with E-state index in [1.807, 2.05) is 48.5 Å². The average Bonchev–Trinajstić information content (AvgIpc) is 3.20. The second-order valence-electron chi connectivity index (χ2n) is 16.6. The summed E-state index contributed by atoms with van der Waals surface area (Å²) in [4.78, 5) is 25.5. The van der Waals surface area contributed by atoms with Crippen LogP contribution in [0.3, 0.4) is 0 Å². The van der Waals surface area contributed by atoms with Gasteiger partial charge in [0.15, 0.2) is 0 Å². The molecule has 0 aromatic heterocycles. The van der Waals surface area contributed by atoms with Crippen molar-refractivity contribution >= 4 is 49.4 Å². The number of unbranched alkanes of at least 4 members (excludes halogenated alkanes) is 31. The van der Waals surface area contributed by atoms with Crippen molar-refractivity contribution in [2.75, 3.05) is 12.3 Å². The second-order valence-corrected chi connectivity index (χ2v) is 18.4. The number of nitrogens with two attached hydrogens (primary N) is 1. The number of isocyanates is 1. The number of ketones is 1. The highest BCUT2D eigenvalue weighted by Gasteiger charge is 2.04. The van der Waals surface area contributed by atoms with Gasteiger partial charge in [0, 0.05) is 27.5 Å². The molecule has 0 saturated carbocycles. The number of carbonyl (C=O) groups excluding carboxylic acids is 2. The third-order valence-electron chi connectivity index (χ3n) is 10.9.